The first-order valence-corrected chi connectivity index (χ1v) is 6.71. The third-order valence-corrected chi connectivity index (χ3v) is 3.40. The van der Waals surface area contributed by atoms with Gasteiger partial charge in [-0.1, -0.05) is 23.7 Å². The second-order valence-electron chi connectivity index (χ2n) is 3.68. The molecule has 0 radical (unpaired) electrons. The molecule has 2 aromatic rings. The number of benzene rings is 2. The van der Waals surface area contributed by atoms with Crippen LogP contribution in [0, 0.1) is 3.57 Å². The monoisotopic (exact) mass is 372 g/mol. The van der Waals surface area contributed by atoms with Crippen molar-refractivity contribution in [2.45, 2.75) is 0 Å². The summed E-state index contributed by atoms with van der Waals surface area (Å²) in [6.07, 6.45) is 0. The molecule has 18 heavy (non-hydrogen) atoms. The van der Waals surface area contributed by atoms with E-state index in [1.54, 1.807) is 37.4 Å². The van der Waals surface area contributed by atoms with E-state index >= 15 is 0 Å². The smallest absolute Gasteiger partial charge is 0.196 e. The highest BCUT2D eigenvalue weighted by atomic mass is 127. The van der Waals surface area contributed by atoms with Gasteiger partial charge in [-0.2, -0.15) is 0 Å². The first kappa shape index (κ1) is 13.4. The fourth-order valence-corrected chi connectivity index (χ4v) is 2.32. The van der Waals surface area contributed by atoms with E-state index in [0.717, 1.165) is 3.57 Å². The molecular formula is C14H10ClIO2. The Hall–Kier alpha value is -1.07. The SMILES string of the molecule is COc1ccc(I)cc1C(=O)c1cccc(Cl)c1. The first-order valence-electron chi connectivity index (χ1n) is 5.25. The molecule has 2 nitrogen and oxygen atoms in total. The van der Waals surface area contributed by atoms with Crippen LogP contribution in [0.15, 0.2) is 42.5 Å². The number of hydrogen-bond acceptors (Lipinski definition) is 2. The van der Waals surface area contributed by atoms with Crippen molar-refractivity contribution in [2.75, 3.05) is 7.11 Å². The maximum atomic E-state index is 12.4. The number of carbonyl (C=O) groups is 1. The molecule has 0 aliphatic heterocycles. The van der Waals surface area contributed by atoms with E-state index in [0.29, 0.717) is 21.9 Å². The number of carbonyl (C=O) groups excluding carboxylic acids is 1. The lowest BCUT2D eigenvalue weighted by Gasteiger charge is -2.08. The molecule has 92 valence electrons. The van der Waals surface area contributed by atoms with Crippen LogP contribution in [0.1, 0.15) is 15.9 Å². The maximum Gasteiger partial charge on any atom is 0.196 e. The average molecular weight is 373 g/mol. The molecule has 0 amide bonds. The Morgan fingerprint density at radius 1 is 1.22 bits per heavy atom. The molecule has 0 fully saturated rings. The Labute approximate surface area is 124 Å². The number of ketones is 1. The van der Waals surface area contributed by atoms with E-state index in [4.69, 9.17) is 16.3 Å². The van der Waals surface area contributed by atoms with Gasteiger partial charge in [-0.15, -0.1) is 0 Å². The summed E-state index contributed by atoms with van der Waals surface area (Å²) in [6.45, 7) is 0. The molecule has 2 rings (SSSR count). The van der Waals surface area contributed by atoms with Crippen molar-refractivity contribution in [3.8, 4) is 5.75 Å². The zero-order chi connectivity index (χ0) is 13.1. The van der Waals surface area contributed by atoms with Crippen LogP contribution in [0.4, 0.5) is 0 Å². The van der Waals surface area contributed by atoms with E-state index in [-0.39, 0.29) is 5.78 Å². The maximum absolute atomic E-state index is 12.4. The van der Waals surface area contributed by atoms with Gasteiger partial charge in [0.25, 0.3) is 0 Å². The minimum absolute atomic E-state index is 0.0899. The summed E-state index contributed by atoms with van der Waals surface area (Å²) in [4.78, 5) is 12.4. The lowest BCUT2D eigenvalue weighted by atomic mass is 10.0. The van der Waals surface area contributed by atoms with Gasteiger partial charge in [-0.05, 0) is 52.9 Å². The van der Waals surface area contributed by atoms with E-state index in [2.05, 4.69) is 22.6 Å². The molecule has 4 heteroatoms. The number of ether oxygens (including phenoxy) is 1. The summed E-state index contributed by atoms with van der Waals surface area (Å²) in [5, 5.41) is 0.547. The normalized spacial score (nSPS) is 10.2. The molecule has 0 bridgehead atoms. The van der Waals surface area contributed by atoms with E-state index < -0.39 is 0 Å². The van der Waals surface area contributed by atoms with Gasteiger partial charge in [0.2, 0.25) is 0 Å². The van der Waals surface area contributed by atoms with Crippen molar-refractivity contribution in [1.29, 1.82) is 0 Å². The van der Waals surface area contributed by atoms with E-state index in [1.807, 2.05) is 12.1 Å². The second kappa shape index (κ2) is 5.71. The molecule has 0 saturated carbocycles. The fraction of sp³-hybridized carbons (Fsp3) is 0.0714. The van der Waals surface area contributed by atoms with Gasteiger partial charge in [0.15, 0.2) is 5.78 Å². The van der Waals surface area contributed by atoms with Gasteiger partial charge in [-0.25, -0.2) is 0 Å². The Bertz CT molecular complexity index is 596. The summed E-state index contributed by atoms with van der Waals surface area (Å²) in [5.41, 5.74) is 1.11. The highest BCUT2D eigenvalue weighted by Crippen LogP contribution is 2.24. The zero-order valence-corrected chi connectivity index (χ0v) is 12.5. The Kier molecular flexibility index (Phi) is 4.24. The minimum atomic E-state index is -0.0899. The van der Waals surface area contributed by atoms with Crippen LogP contribution < -0.4 is 4.74 Å². The van der Waals surface area contributed by atoms with Crippen molar-refractivity contribution in [3.63, 3.8) is 0 Å². The van der Waals surface area contributed by atoms with Gasteiger partial charge in [0, 0.05) is 14.2 Å². The molecule has 0 atom stereocenters. The lowest BCUT2D eigenvalue weighted by molar-refractivity contribution is 0.103. The molecule has 0 unspecified atom stereocenters. The number of hydrogen-bond donors (Lipinski definition) is 0. The first-order chi connectivity index (χ1) is 8.61. The van der Waals surface area contributed by atoms with Gasteiger partial charge in [0.1, 0.15) is 5.75 Å². The molecule has 2 aromatic carbocycles. The highest BCUT2D eigenvalue weighted by molar-refractivity contribution is 14.1. The molecule has 0 spiro atoms. The van der Waals surface area contributed by atoms with E-state index in [1.165, 1.54) is 0 Å². The number of halogens is 2. The van der Waals surface area contributed by atoms with Crippen LogP contribution in [0.3, 0.4) is 0 Å². The van der Waals surface area contributed by atoms with Crippen molar-refractivity contribution >= 4 is 40.0 Å². The van der Waals surface area contributed by atoms with Gasteiger partial charge < -0.3 is 4.74 Å². The largest absolute Gasteiger partial charge is 0.496 e. The van der Waals surface area contributed by atoms with Crippen LogP contribution in [-0.2, 0) is 0 Å². The Morgan fingerprint density at radius 2 is 2.00 bits per heavy atom. The van der Waals surface area contributed by atoms with Crippen LogP contribution in [0.2, 0.25) is 5.02 Å². The summed E-state index contributed by atoms with van der Waals surface area (Å²) in [6, 6.07) is 12.4. The topological polar surface area (TPSA) is 26.3 Å². The quantitative estimate of drug-likeness (QED) is 0.597. The predicted octanol–water partition coefficient (Wildman–Crippen LogP) is 4.18. The molecule has 0 heterocycles. The van der Waals surface area contributed by atoms with Crippen LogP contribution in [0.5, 0.6) is 5.75 Å². The highest BCUT2D eigenvalue weighted by Gasteiger charge is 2.15. The van der Waals surface area contributed by atoms with Crippen molar-refractivity contribution in [3.05, 3.63) is 62.2 Å². The number of methoxy groups -OCH3 is 1. The van der Waals surface area contributed by atoms with Gasteiger partial charge in [-0.3, -0.25) is 4.79 Å². The molecule has 0 saturated heterocycles. The molecule has 0 N–H and O–H groups in total. The van der Waals surface area contributed by atoms with Crippen molar-refractivity contribution in [1.82, 2.24) is 0 Å². The fourth-order valence-electron chi connectivity index (χ4n) is 1.64. The Balaban J connectivity index is 2.48. The molecule has 0 aromatic heterocycles. The average Bonchev–Trinajstić information content (AvgIpc) is 2.38. The third-order valence-electron chi connectivity index (χ3n) is 2.49. The van der Waals surface area contributed by atoms with Crippen LogP contribution >= 0.6 is 34.2 Å². The van der Waals surface area contributed by atoms with Crippen molar-refractivity contribution in [2.24, 2.45) is 0 Å². The molecular weight excluding hydrogens is 363 g/mol. The van der Waals surface area contributed by atoms with Crippen LogP contribution in [-0.4, -0.2) is 12.9 Å². The Morgan fingerprint density at radius 3 is 2.67 bits per heavy atom. The van der Waals surface area contributed by atoms with Gasteiger partial charge in [0.05, 0.1) is 12.7 Å². The summed E-state index contributed by atoms with van der Waals surface area (Å²) in [5.74, 6) is 0.480. The second-order valence-corrected chi connectivity index (χ2v) is 5.37. The molecule has 0 aliphatic carbocycles. The predicted molar refractivity (Wildman–Crippen MR) is 80.6 cm³/mol. The van der Waals surface area contributed by atoms with Crippen LogP contribution in [0.25, 0.3) is 0 Å². The number of rotatable bonds is 3. The zero-order valence-electron chi connectivity index (χ0n) is 9.61. The molecule has 0 aliphatic rings. The minimum Gasteiger partial charge on any atom is -0.496 e. The standard InChI is InChI=1S/C14H10ClIO2/c1-18-13-6-5-11(16)8-12(13)14(17)9-3-2-4-10(15)7-9/h2-8H,1H3. The third kappa shape index (κ3) is 2.84. The lowest BCUT2D eigenvalue weighted by Crippen LogP contribution is -2.04. The summed E-state index contributed by atoms with van der Waals surface area (Å²) >= 11 is 8.06. The summed E-state index contributed by atoms with van der Waals surface area (Å²) in [7, 11) is 1.55. The van der Waals surface area contributed by atoms with Gasteiger partial charge >= 0.3 is 0 Å². The van der Waals surface area contributed by atoms with Crippen molar-refractivity contribution < 1.29 is 9.53 Å². The van der Waals surface area contributed by atoms with E-state index in [9.17, 15) is 4.79 Å². The summed E-state index contributed by atoms with van der Waals surface area (Å²) < 4.78 is 6.20.